The van der Waals surface area contributed by atoms with Crippen LogP contribution in [0.25, 0.3) is 10.2 Å². The first-order valence-corrected chi connectivity index (χ1v) is 8.54. The Kier molecular flexibility index (Phi) is 3.50. The van der Waals surface area contributed by atoms with Gasteiger partial charge in [-0.3, -0.25) is 0 Å². The lowest BCUT2D eigenvalue weighted by Crippen LogP contribution is -2.34. The van der Waals surface area contributed by atoms with Crippen LogP contribution in [-0.2, 0) is 0 Å². The third kappa shape index (κ3) is 2.57. The number of fused-ring (bicyclic) bond motifs is 1. The quantitative estimate of drug-likeness (QED) is 0.716. The van der Waals surface area contributed by atoms with Crippen LogP contribution < -0.4 is 4.90 Å². The van der Waals surface area contributed by atoms with Gasteiger partial charge in [-0.15, -0.1) is 11.3 Å². The van der Waals surface area contributed by atoms with Gasteiger partial charge in [-0.2, -0.15) is 5.26 Å². The van der Waals surface area contributed by atoms with Gasteiger partial charge in [0.25, 0.3) is 0 Å². The summed E-state index contributed by atoms with van der Waals surface area (Å²) in [5.74, 6) is 1.52. The average molecular weight is 324 g/mol. The predicted octanol–water partition coefficient (Wildman–Crippen LogP) is 3.85. The van der Waals surface area contributed by atoms with E-state index in [9.17, 15) is 5.26 Å². The Morgan fingerprint density at radius 1 is 1.35 bits per heavy atom. The summed E-state index contributed by atoms with van der Waals surface area (Å²) in [4.78, 5) is 11.1. The first-order valence-electron chi connectivity index (χ1n) is 7.72. The van der Waals surface area contributed by atoms with Gasteiger partial charge in [0, 0.05) is 25.9 Å². The summed E-state index contributed by atoms with van der Waals surface area (Å²) in [7, 11) is 0. The van der Waals surface area contributed by atoms with E-state index in [2.05, 4.69) is 28.1 Å². The lowest BCUT2D eigenvalue weighted by Gasteiger charge is -2.31. The zero-order valence-electron chi connectivity index (χ0n) is 12.8. The van der Waals surface area contributed by atoms with Crippen LogP contribution in [-0.4, -0.2) is 23.1 Å². The fraction of sp³-hybridized carbons (Fsp3) is 0.353. The Morgan fingerprint density at radius 3 is 3.04 bits per heavy atom. The number of benzene rings is 1. The summed E-state index contributed by atoms with van der Waals surface area (Å²) in [6.45, 7) is 3.49. The molecule has 0 bridgehead atoms. The predicted molar refractivity (Wildman–Crippen MR) is 89.8 cm³/mol. The summed E-state index contributed by atoms with van der Waals surface area (Å²) >= 11 is 1.77. The molecule has 2 aromatic heterocycles. The van der Waals surface area contributed by atoms with Gasteiger partial charge < -0.3 is 9.32 Å². The Morgan fingerprint density at radius 2 is 2.22 bits per heavy atom. The van der Waals surface area contributed by atoms with E-state index in [1.807, 2.05) is 12.1 Å². The van der Waals surface area contributed by atoms with Gasteiger partial charge >= 0.3 is 0 Å². The molecule has 3 heterocycles. The van der Waals surface area contributed by atoms with Crippen molar-refractivity contribution >= 4 is 27.4 Å². The molecule has 116 valence electrons. The summed E-state index contributed by atoms with van der Waals surface area (Å²) in [6.07, 6.45) is 2.18. The first kappa shape index (κ1) is 14.2. The van der Waals surface area contributed by atoms with Crippen LogP contribution in [0.4, 0.5) is 5.88 Å². The van der Waals surface area contributed by atoms with Gasteiger partial charge in [-0.05, 0) is 25.0 Å². The van der Waals surface area contributed by atoms with Crippen LogP contribution in [0.5, 0.6) is 0 Å². The zero-order chi connectivity index (χ0) is 15.8. The molecule has 0 saturated carbocycles. The van der Waals surface area contributed by atoms with Crippen molar-refractivity contribution < 1.29 is 4.42 Å². The number of aromatic nitrogens is 2. The number of anilines is 1. The molecule has 1 aromatic carbocycles. The van der Waals surface area contributed by atoms with Crippen molar-refractivity contribution in [2.24, 2.45) is 0 Å². The van der Waals surface area contributed by atoms with Crippen molar-refractivity contribution in [3.8, 4) is 6.07 Å². The molecule has 0 aliphatic carbocycles. The second kappa shape index (κ2) is 5.67. The van der Waals surface area contributed by atoms with Gasteiger partial charge in [0.1, 0.15) is 6.07 Å². The van der Waals surface area contributed by atoms with Crippen molar-refractivity contribution in [2.75, 3.05) is 18.0 Å². The van der Waals surface area contributed by atoms with Gasteiger partial charge in [0.05, 0.1) is 15.2 Å². The summed E-state index contributed by atoms with van der Waals surface area (Å²) < 4.78 is 6.89. The van der Waals surface area contributed by atoms with Gasteiger partial charge in [-0.1, -0.05) is 12.1 Å². The summed E-state index contributed by atoms with van der Waals surface area (Å²) in [6, 6.07) is 10.4. The van der Waals surface area contributed by atoms with Crippen molar-refractivity contribution in [1.29, 1.82) is 5.26 Å². The second-order valence-corrected chi connectivity index (χ2v) is 6.87. The molecule has 1 saturated heterocycles. The smallest absolute Gasteiger partial charge is 0.234 e. The topological polar surface area (TPSA) is 66.0 Å². The molecule has 1 fully saturated rings. The van der Waals surface area contributed by atoms with Gasteiger partial charge in [0.2, 0.25) is 11.6 Å². The fourth-order valence-electron chi connectivity index (χ4n) is 3.13. The molecular weight excluding hydrogens is 308 g/mol. The minimum absolute atomic E-state index is 0.373. The Labute approximate surface area is 138 Å². The minimum atomic E-state index is 0.373. The third-order valence-electron chi connectivity index (χ3n) is 4.19. The molecule has 3 aromatic rings. The molecule has 4 rings (SSSR count). The van der Waals surface area contributed by atoms with E-state index in [-0.39, 0.29) is 0 Å². The number of thiazole rings is 1. The van der Waals surface area contributed by atoms with Crippen LogP contribution in [0.1, 0.15) is 35.4 Å². The molecule has 5 nitrogen and oxygen atoms in total. The maximum Gasteiger partial charge on any atom is 0.234 e. The number of hydrogen-bond donors (Lipinski definition) is 0. The number of nitrogens with zero attached hydrogens (tertiary/aromatic N) is 4. The molecule has 0 amide bonds. The third-order valence-corrected chi connectivity index (χ3v) is 5.39. The maximum absolute atomic E-state index is 9.23. The molecular formula is C17H16N4OS. The number of para-hydroxylation sites is 1. The summed E-state index contributed by atoms with van der Waals surface area (Å²) in [5, 5.41) is 10.4. The van der Waals surface area contributed by atoms with E-state index in [1.54, 1.807) is 18.3 Å². The van der Waals surface area contributed by atoms with Crippen LogP contribution >= 0.6 is 11.3 Å². The number of oxazole rings is 1. The van der Waals surface area contributed by atoms with Crippen LogP contribution in [0.15, 0.2) is 28.7 Å². The number of hydrogen-bond acceptors (Lipinski definition) is 6. The van der Waals surface area contributed by atoms with Gasteiger partial charge in [-0.25, -0.2) is 9.97 Å². The molecule has 1 aliphatic rings. The van der Waals surface area contributed by atoms with E-state index in [0.29, 0.717) is 23.4 Å². The number of piperidine rings is 1. The normalized spacial score (nSPS) is 18.3. The fourth-order valence-corrected chi connectivity index (χ4v) is 4.22. The maximum atomic E-state index is 9.23. The van der Waals surface area contributed by atoms with Crippen LogP contribution in [0.3, 0.4) is 0 Å². The average Bonchev–Trinajstić information content (AvgIpc) is 3.18. The lowest BCUT2D eigenvalue weighted by molar-refractivity contribution is 0.453. The Hall–Kier alpha value is -2.39. The van der Waals surface area contributed by atoms with Crippen molar-refractivity contribution in [3.05, 3.63) is 40.9 Å². The monoisotopic (exact) mass is 324 g/mol. The highest BCUT2D eigenvalue weighted by Crippen LogP contribution is 2.35. The van der Waals surface area contributed by atoms with E-state index in [1.165, 1.54) is 9.71 Å². The van der Waals surface area contributed by atoms with E-state index in [0.717, 1.165) is 31.4 Å². The molecule has 1 aliphatic heterocycles. The van der Waals surface area contributed by atoms with E-state index >= 15 is 0 Å². The number of rotatable bonds is 2. The Balaban J connectivity index is 1.63. The Bertz CT molecular complexity index is 859. The second-order valence-electron chi connectivity index (χ2n) is 5.80. The number of nitriles is 1. The highest BCUT2D eigenvalue weighted by molar-refractivity contribution is 7.18. The molecule has 0 radical (unpaired) electrons. The van der Waals surface area contributed by atoms with Crippen LogP contribution in [0.2, 0.25) is 0 Å². The molecule has 6 heteroatoms. The number of aryl methyl sites for hydroxylation is 1. The van der Waals surface area contributed by atoms with Crippen molar-refractivity contribution in [3.63, 3.8) is 0 Å². The van der Waals surface area contributed by atoms with Crippen LogP contribution in [0, 0.1) is 18.3 Å². The highest BCUT2D eigenvalue weighted by atomic mass is 32.1. The van der Waals surface area contributed by atoms with E-state index in [4.69, 9.17) is 9.40 Å². The lowest BCUT2D eigenvalue weighted by atomic mass is 9.99. The zero-order valence-corrected chi connectivity index (χ0v) is 13.6. The van der Waals surface area contributed by atoms with Gasteiger partial charge in [0.15, 0.2) is 5.89 Å². The largest absolute Gasteiger partial charge is 0.424 e. The van der Waals surface area contributed by atoms with Crippen molar-refractivity contribution in [1.82, 2.24) is 9.97 Å². The molecule has 0 spiro atoms. The first-order chi connectivity index (χ1) is 11.2. The summed E-state index contributed by atoms with van der Waals surface area (Å²) in [5.41, 5.74) is 1.45. The minimum Gasteiger partial charge on any atom is -0.424 e. The van der Waals surface area contributed by atoms with Crippen molar-refractivity contribution in [2.45, 2.75) is 25.7 Å². The highest BCUT2D eigenvalue weighted by Gasteiger charge is 2.28. The van der Waals surface area contributed by atoms with E-state index < -0.39 is 0 Å². The molecule has 0 unspecified atom stereocenters. The molecule has 1 atom stereocenters. The molecule has 0 N–H and O–H groups in total. The standard InChI is InChI=1S/C17H16N4OS/c1-11-19-14(9-18)17(22-11)21-8-4-5-12(10-21)16-20-13-6-2-3-7-15(13)23-16/h2-3,6-7,12H,4-5,8,10H2,1H3/t12-/m1/s1. The molecule has 23 heavy (non-hydrogen) atoms. The SMILES string of the molecule is Cc1nc(C#N)c(N2CCC[C@@H](c3nc4ccccc4s3)C2)o1.